The van der Waals surface area contributed by atoms with E-state index < -0.39 is 11.6 Å². The summed E-state index contributed by atoms with van der Waals surface area (Å²) in [7, 11) is 0. The van der Waals surface area contributed by atoms with E-state index in [9.17, 15) is 13.6 Å². The molecular formula is C19H22F2N2O. The van der Waals surface area contributed by atoms with Gasteiger partial charge < -0.3 is 10.6 Å². The minimum Gasteiger partial charge on any atom is -0.384 e. The van der Waals surface area contributed by atoms with Crippen LogP contribution < -0.4 is 10.6 Å². The van der Waals surface area contributed by atoms with Crippen LogP contribution in [-0.2, 0) is 10.2 Å². The Bertz CT molecular complexity index is 724. The van der Waals surface area contributed by atoms with Gasteiger partial charge in [-0.15, -0.1) is 0 Å². The summed E-state index contributed by atoms with van der Waals surface area (Å²) < 4.78 is 26.0. The molecule has 2 N–H and O–H groups in total. The topological polar surface area (TPSA) is 41.1 Å². The van der Waals surface area contributed by atoms with Crippen molar-refractivity contribution in [2.75, 3.05) is 17.2 Å². The lowest BCUT2D eigenvalue weighted by molar-refractivity contribution is -0.115. The molecule has 0 bridgehead atoms. The summed E-state index contributed by atoms with van der Waals surface area (Å²) in [5.41, 5.74) is 2.41. The van der Waals surface area contributed by atoms with Gasteiger partial charge in [-0.05, 0) is 29.2 Å². The largest absolute Gasteiger partial charge is 0.384 e. The van der Waals surface area contributed by atoms with Crippen LogP contribution in [0.1, 0.15) is 32.8 Å². The van der Waals surface area contributed by atoms with Crippen LogP contribution >= 0.6 is 0 Å². The molecule has 0 heterocycles. The predicted octanol–water partition coefficient (Wildman–Crippen LogP) is 4.70. The van der Waals surface area contributed by atoms with Crippen LogP contribution in [0.5, 0.6) is 0 Å². The number of amides is 1. The molecule has 3 nitrogen and oxygen atoms in total. The minimum absolute atomic E-state index is 0.00249. The molecular weight excluding hydrogens is 310 g/mol. The van der Waals surface area contributed by atoms with Crippen molar-refractivity contribution >= 4 is 17.3 Å². The Hall–Kier alpha value is -2.43. The molecule has 2 aromatic carbocycles. The highest BCUT2D eigenvalue weighted by molar-refractivity contribution is 5.91. The summed E-state index contributed by atoms with van der Waals surface area (Å²) in [4.78, 5) is 11.9. The third kappa shape index (κ3) is 4.78. The third-order valence-electron chi connectivity index (χ3n) is 3.61. The Morgan fingerprint density at radius 2 is 1.75 bits per heavy atom. The van der Waals surface area contributed by atoms with E-state index in [0.717, 1.165) is 17.8 Å². The highest BCUT2D eigenvalue weighted by atomic mass is 19.2. The zero-order valence-corrected chi connectivity index (χ0v) is 14.1. The van der Waals surface area contributed by atoms with E-state index in [1.165, 1.54) is 11.6 Å². The molecule has 2 rings (SSSR count). The van der Waals surface area contributed by atoms with E-state index in [1.54, 1.807) is 0 Å². The summed E-state index contributed by atoms with van der Waals surface area (Å²) in [5, 5.41) is 5.82. The molecule has 0 fully saturated rings. The average molecular weight is 332 g/mol. The highest BCUT2D eigenvalue weighted by Crippen LogP contribution is 2.29. The van der Waals surface area contributed by atoms with Gasteiger partial charge in [0.25, 0.3) is 0 Å². The van der Waals surface area contributed by atoms with Crippen LogP contribution in [0.25, 0.3) is 0 Å². The Morgan fingerprint density at radius 3 is 2.42 bits per heavy atom. The molecule has 0 radical (unpaired) electrons. The van der Waals surface area contributed by atoms with Gasteiger partial charge in [-0.2, -0.15) is 0 Å². The lowest BCUT2D eigenvalue weighted by Gasteiger charge is -2.23. The van der Waals surface area contributed by atoms with Crippen molar-refractivity contribution in [2.45, 2.75) is 32.6 Å². The van der Waals surface area contributed by atoms with E-state index >= 15 is 0 Å². The van der Waals surface area contributed by atoms with Crippen LogP contribution in [0.3, 0.4) is 0 Å². The SMILES string of the molecule is CC(C)(C)c1ccccc1NCCC(=O)Nc1ccc(F)c(F)c1. The monoisotopic (exact) mass is 332 g/mol. The van der Waals surface area contributed by atoms with Gasteiger partial charge in [0.15, 0.2) is 11.6 Å². The summed E-state index contributed by atoms with van der Waals surface area (Å²) in [5.74, 6) is -2.18. The number of hydrogen-bond donors (Lipinski definition) is 2. The number of nitrogens with one attached hydrogen (secondary N) is 2. The fraction of sp³-hybridized carbons (Fsp3) is 0.316. The van der Waals surface area contributed by atoms with Gasteiger partial charge >= 0.3 is 0 Å². The molecule has 0 saturated heterocycles. The zero-order valence-electron chi connectivity index (χ0n) is 14.1. The number of rotatable bonds is 5. The Morgan fingerprint density at radius 1 is 1.04 bits per heavy atom. The fourth-order valence-electron chi connectivity index (χ4n) is 2.40. The van der Waals surface area contributed by atoms with Gasteiger partial charge in [-0.3, -0.25) is 4.79 Å². The molecule has 5 heteroatoms. The van der Waals surface area contributed by atoms with Crippen molar-refractivity contribution in [1.82, 2.24) is 0 Å². The number of carbonyl (C=O) groups is 1. The van der Waals surface area contributed by atoms with Crippen molar-refractivity contribution in [2.24, 2.45) is 0 Å². The smallest absolute Gasteiger partial charge is 0.226 e. The second-order valence-electron chi connectivity index (χ2n) is 6.65. The molecule has 0 saturated carbocycles. The number of halogens is 2. The Labute approximate surface area is 141 Å². The number of hydrogen-bond acceptors (Lipinski definition) is 2. The summed E-state index contributed by atoms with van der Waals surface area (Å²) in [6.45, 7) is 6.83. The van der Waals surface area contributed by atoms with Crippen molar-refractivity contribution in [3.63, 3.8) is 0 Å². The molecule has 0 atom stereocenters. The van der Waals surface area contributed by atoms with E-state index in [-0.39, 0.29) is 23.4 Å². The predicted molar refractivity (Wildman–Crippen MR) is 93.2 cm³/mol. The first-order valence-corrected chi connectivity index (χ1v) is 7.85. The van der Waals surface area contributed by atoms with Crippen molar-refractivity contribution in [3.8, 4) is 0 Å². The maximum Gasteiger partial charge on any atom is 0.226 e. The highest BCUT2D eigenvalue weighted by Gasteiger charge is 2.17. The summed E-state index contributed by atoms with van der Waals surface area (Å²) in [6.07, 6.45) is 0.220. The first-order chi connectivity index (χ1) is 11.3. The van der Waals surface area contributed by atoms with Gasteiger partial charge in [-0.1, -0.05) is 39.0 Å². The second-order valence-corrected chi connectivity index (χ2v) is 6.65. The number of para-hydroxylation sites is 1. The molecule has 0 spiro atoms. The molecule has 1 amide bonds. The lowest BCUT2D eigenvalue weighted by Crippen LogP contribution is -2.19. The van der Waals surface area contributed by atoms with Crippen LogP contribution in [0.15, 0.2) is 42.5 Å². The van der Waals surface area contributed by atoms with Gasteiger partial charge in [0, 0.05) is 30.4 Å². The fourth-order valence-corrected chi connectivity index (χ4v) is 2.40. The Kier molecular flexibility index (Phi) is 5.54. The molecule has 0 aromatic heterocycles. The normalized spacial score (nSPS) is 11.2. The van der Waals surface area contributed by atoms with Gasteiger partial charge in [-0.25, -0.2) is 8.78 Å². The molecule has 0 aliphatic heterocycles. The van der Waals surface area contributed by atoms with Crippen LogP contribution in [0, 0.1) is 11.6 Å². The molecule has 0 unspecified atom stereocenters. The van der Waals surface area contributed by atoms with Gasteiger partial charge in [0.1, 0.15) is 0 Å². The molecule has 2 aromatic rings. The van der Waals surface area contributed by atoms with E-state index in [4.69, 9.17) is 0 Å². The van der Waals surface area contributed by atoms with Crippen LogP contribution in [-0.4, -0.2) is 12.5 Å². The summed E-state index contributed by atoms with van der Waals surface area (Å²) >= 11 is 0. The quantitative estimate of drug-likeness (QED) is 0.833. The lowest BCUT2D eigenvalue weighted by atomic mass is 9.86. The van der Waals surface area contributed by atoms with E-state index in [2.05, 4.69) is 37.5 Å². The number of benzene rings is 2. The number of carbonyl (C=O) groups excluding carboxylic acids is 1. The Balaban J connectivity index is 1.90. The number of anilines is 2. The molecule has 0 aliphatic carbocycles. The molecule has 24 heavy (non-hydrogen) atoms. The maximum atomic E-state index is 13.1. The van der Waals surface area contributed by atoms with Gasteiger partial charge in [0.05, 0.1) is 0 Å². The van der Waals surface area contributed by atoms with Crippen LogP contribution in [0.4, 0.5) is 20.2 Å². The standard InChI is InChI=1S/C19H22F2N2O/c1-19(2,3)14-6-4-5-7-17(14)22-11-10-18(24)23-13-8-9-15(20)16(21)12-13/h4-9,12,22H,10-11H2,1-3H3,(H,23,24). The van der Waals surface area contributed by atoms with Crippen LogP contribution in [0.2, 0.25) is 0 Å². The zero-order chi connectivity index (χ0) is 17.7. The van der Waals surface area contributed by atoms with E-state index in [1.807, 2.05) is 18.2 Å². The van der Waals surface area contributed by atoms with Gasteiger partial charge in [0.2, 0.25) is 5.91 Å². The molecule has 128 valence electrons. The first kappa shape index (κ1) is 17.9. The summed E-state index contributed by atoms with van der Waals surface area (Å²) in [6, 6.07) is 11.3. The molecule has 0 aliphatic rings. The van der Waals surface area contributed by atoms with E-state index in [0.29, 0.717) is 6.54 Å². The third-order valence-corrected chi connectivity index (χ3v) is 3.61. The maximum absolute atomic E-state index is 13.1. The second kappa shape index (κ2) is 7.43. The van der Waals surface area contributed by atoms with Crippen molar-refractivity contribution < 1.29 is 13.6 Å². The van der Waals surface area contributed by atoms with Crippen molar-refractivity contribution in [3.05, 3.63) is 59.7 Å². The van der Waals surface area contributed by atoms with Crippen molar-refractivity contribution in [1.29, 1.82) is 0 Å². The first-order valence-electron chi connectivity index (χ1n) is 7.85. The minimum atomic E-state index is -0.981. The average Bonchev–Trinajstić information content (AvgIpc) is 2.50.